The van der Waals surface area contributed by atoms with Gasteiger partial charge in [-0.25, -0.2) is 0 Å². The molecule has 0 aliphatic carbocycles. The lowest BCUT2D eigenvalue weighted by Gasteiger charge is -2.30. The van der Waals surface area contributed by atoms with E-state index in [0.717, 1.165) is 12.8 Å². The lowest BCUT2D eigenvalue weighted by Crippen LogP contribution is -2.29. The van der Waals surface area contributed by atoms with Crippen molar-refractivity contribution in [3.05, 3.63) is 0 Å². The monoisotopic (exact) mass is 291 g/mol. The normalized spacial score (nSPS) is 20.1. The number of nitrogens with two attached hydrogens (primary N) is 1. The molecule has 0 aromatic rings. The topological polar surface area (TPSA) is 46.2 Å². The molecule has 0 amide bonds. The number of halogens is 1. The Labute approximate surface area is 125 Å². The first kappa shape index (κ1) is 19.2. The molecule has 0 bridgehead atoms. The smallest absolute Gasteiger partial charge is 0.139 e. The van der Waals surface area contributed by atoms with Crippen LogP contribution in [0, 0.1) is 23.7 Å². The summed E-state index contributed by atoms with van der Waals surface area (Å²) in [5.41, 5.74) is 5.51. The van der Waals surface area contributed by atoms with Crippen LogP contribution in [0.15, 0.2) is 0 Å². The van der Waals surface area contributed by atoms with Crippen LogP contribution in [0.5, 0.6) is 0 Å². The molecular weight excluding hydrogens is 258 g/mol. The Hall–Kier alpha value is 0.210. The van der Waals surface area contributed by atoms with Gasteiger partial charge < -0.3 is 10.8 Å². The van der Waals surface area contributed by atoms with Crippen LogP contribution in [0.4, 0.5) is 0 Å². The summed E-state index contributed by atoms with van der Waals surface area (Å²) < 4.78 is 0. The first-order valence-corrected chi connectivity index (χ1v) is 8.17. The van der Waals surface area contributed by atoms with Crippen LogP contribution in [0.25, 0.3) is 0 Å². The van der Waals surface area contributed by atoms with Crippen molar-refractivity contribution in [1.82, 2.24) is 0 Å². The fourth-order valence-electron chi connectivity index (χ4n) is 2.86. The second kappa shape index (κ2) is 9.20. The van der Waals surface area contributed by atoms with Crippen molar-refractivity contribution in [1.29, 1.82) is 0 Å². The minimum absolute atomic E-state index is 0.429. The number of alkyl halides is 1. The second-order valence-corrected chi connectivity index (χ2v) is 7.65. The number of hydrogen-bond donors (Lipinski definition) is 2. The van der Waals surface area contributed by atoms with Gasteiger partial charge in [0, 0.05) is 0 Å². The molecule has 0 fully saturated rings. The molecular formula is C16H34ClNO. The molecule has 3 heteroatoms. The predicted molar refractivity (Wildman–Crippen MR) is 85.3 cm³/mol. The molecule has 0 aromatic heterocycles. The molecule has 0 aliphatic rings. The summed E-state index contributed by atoms with van der Waals surface area (Å²) in [6, 6.07) is 0. The van der Waals surface area contributed by atoms with Gasteiger partial charge in [-0.05, 0) is 62.3 Å². The van der Waals surface area contributed by atoms with Gasteiger partial charge in [-0.2, -0.15) is 0 Å². The first-order chi connectivity index (χ1) is 8.68. The first-order valence-electron chi connectivity index (χ1n) is 7.79. The summed E-state index contributed by atoms with van der Waals surface area (Å²) in [6.07, 6.45) is 4.58. The third-order valence-corrected chi connectivity index (χ3v) is 4.32. The standard InChI is InChI=1S/C16H34ClNO/c1-12(2)9-14(4)15(5)11-16(17,19)10-13(3)7-6-8-18/h12-15,19H,6-11,18H2,1-5H3/t13?,14?,15-,16?/m1/s1. The van der Waals surface area contributed by atoms with Crippen molar-refractivity contribution >= 4 is 11.6 Å². The van der Waals surface area contributed by atoms with E-state index in [1.54, 1.807) is 0 Å². The molecule has 0 saturated carbocycles. The third-order valence-electron chi connectivity index (χ3n) is 4.01. The molecule has 0 radical (unpaired) electrons. The van der Waals surface area contributed by atoms with Crippen LogP contribution in [0.1, 0.15) is 66.7 Å². The quantitative estimate of drug-likeness (QED) is 0.587. The molecule has 0 saturated heterocycles. The van der Waals surface area contributed by atoms with Gasteiger partial charge in [0.05, 0.1) is 0 Å². The lowest BCUT2D eigenvalue weighted by molar-refractivity contribution is 0.0638. The van der Waals surface area contributed by atoms with Gasteiger partial charge in [0.1, 0.15) is 5.06 Å². The van der Waals surface area contributed by atoms with Gasteiger partial charge in [0.15, 0.2) is 0 Å². The van der Waals surface area contributed by atoms with Crippen LogP contribution < -0.4 is 5.73 Å². The third kappa shape index (κ3) is 9.70. The summed E-state index contributed by atoms with van der Waals surface area (Å²) in [5.74, 6) is 2.18. The number of hydrogen-bond acceptors (Lipinski definition) is 2. The summed E-state index contributed by atoms with van der Waals surface area (Å²) in [5, 5.41) is 9.31. The van der Waals surface area contributed by atoms with E-state index < -0.39 is 5.06 Å². The van der Waals surface area contributed by atoms with E-state index in [4.69, 9.17) is 17.3 Å². The maximum Gasteiger partial charge on any atom is 0.139 e. The molecule has 0 aliphatic heterocycles. The lowest BCUT2D eigenvalue weighted by atomic mass is 9.83. The zero-order chi connectivity index (χ0) is 15.1. The van der Waals surface area contributed by atoms with Crippen LogP contribution >= 0.6 is 11.6 Å². The Morgan fingerprint density at radius 2 is 1.63 bits per heavy atom. The van der Waals surface area contributed by atoms with E-state index >= 15 is 0 Å². The highest BCUT2D eigenvalue weighted by Gasteiger charge is 2.30. The van der Waals surface area contributed by atoms with Crippen molar-refractivity contribution in [2.75, 3.05) is 6.54 Å². The fraction of sp³-hybridized carbons (Fsp3) is 1.00. The van der Waals surface area contributed by atoms with Crippen molar-refractivity contribution in [2.45, 2.75) is 71.8 Å². The second-order valence-electron chi connectivity index (χ2n) is 6.95. The Morgan fingerprint density at radius 3 is 2.11 bits per heavy atom. The molecule has 0 rings (SSSR count). The van der Waals surface area contributed by atoms with Gasteiger partial charge in [-0.1, -0.05) is 46.2 Å². The molecule has 0 spiro atoms. The SMILES string of the molecule is CC(C)CC(C)[C@H](C)CC(O)(Cl)CC(C)CCCN. The molecule has 3 N–H and O–H groups in total. The molecule has 3 unspecified atom stereocenters. The Kier molecular flexibility index (Phi) is 9.30. The number of aliphatic hydroxyl groups is 1. The van der Waals surface area contributed by atoms with Crippen LogP contribution in [0.2, 0.25) is 0 Å². The minimum atomic E-state index is -1.06. The van der Waals surface area contributed by atoms with Crippen LogP contribution in [-0.2, 0) is 0 Å². The zero-order valence-electron chi connectivity index (χ0n) is 13.5. The Morgan fingerprint density at radius 1 is 1.05 bits per heavy atom. The molecule has 116 valence electrons. The van der Waals surface area contributed by atoms with E-state index in [1.807, 2.05) is 0 Å². The van der Waals surface area contributed by atoms with Crippen molar-refractivity contribution < 1.29 is 5.11 Å². The Bertz CT molecular complexity index is 231. The summed E-state index contributed by atoms with van der Waals surface area (Å²) in [7, 11) is 0. The maximum atomic E-state index is 10.4. The van der Waals surface area contributed by atoms with Crippen LogP contribution in [-0.4, -0.2) is 16.7 Å². The van der Waals surface area contributed by atoms with Gasteiger partial charge in [0.25, 0.3) is 0 Å². The zero-order valence-corrected chi connectivity index (χ0v) is 14.2. The Balaban J connectivity index is 4.18. The van der Waals surface area contributed by atoms with E-state index in [1.165, 1.54) is 6.42 Å². The van der Waals surface area contributed by atoms with Gasteiger partial charge in [0.2, 0.25) is 0 Å². The molecule has 0 heterocycles. The van der Waals surface area contributed by atoms with Gasteiger partial charge in [-0.3, -0.25) is 0 Å². The molecule has 4 atom stereocenters. The summed E-state index contributed by atoms with van der Waals surface area (Å²) >= 11 is 6.31. The predicted octanol–water partition coefficient (Wildman–Crippen LogP) is 4.39. The maximum absolute atomic E-state index is 10.4. The van der Waals surface area contributed by atoms with Crippen molar-refractivity contribution in [2.24, 2.45) is 29.4 Å². The average Bonchev–Trinajstić information content (AvgIpc) is 2.23. The van der Waals surface area contributed by atoms with Gasteiger partial charge >= 0.3 is 0 Å². The highest BCUT2D eigenvalue weighted by molar-refractivity contribution is 6.22. The molecule has 0 aromatic carbocycles. The van der Waals surface area contributed by atoms with Gasteiger partial charge in [-0.15, -0.1) is 0 Å². The fourth-order valence-corrected chi connectivity index (χ4v) is 3.36. The van der Waals surface area contributed by atoms with Crippen molar-refractivity contribution in [3.8, 4) is 0 Å². The largest absolute Gasteiger partial charge is 0.375 e. The van der Waals surface area contributed by atoms with E-state index in [9.17, 15) is 5.11 Å². The highest BCUT2D eigenvalue weighted by Crippen LogP contribution is 2.34. The minimum Gasteiger partial charge on any atom is -0.375 e. The number of rotatable bonds is 10. The summed E-state index contributed by atoms with van der Waals surface area (Å²) in [4.78, 5) is 0. The molecule has 2 nitrogen and oxygen atoms in total. The van der Waals surface area contributed by atoms with E-state index in [0.29, 0.717) is 43.1 Å². The van der Waals surface area contributed by atoms with E-state index in [2.05, 4.69) is 34.6 Å². The van der Waals surface area contributed by atoms with Crippen molar-refractivity contribution in [3.63, 3.8) is 0 Å². The average molecular weight is 292 g/mol. The summed E-state index contributed by atoms with van der Waals surface area (Å²) in [6.45, 7) is 11.8. The highest BCUT2D eigenvalue weighted by atomic mass is 35.5. The van der Waals surface area contributed by atoms with E-state index in [-0.39, 0.29) is 0 Å². The molecule has 19 heavy (non-hydrogen) atoms. The van der Waals surface area contributed by atoms with Crippen LogP contribution in [0.3, 0.4) is 0 Å².